The summed E-state index contributed by atoms with van der Waals surface area (Å²) >= 11 is 0. The SMILES string of the molecule is Cc1ccc(N[P+](O)(OCC(C)C)OCC(C)C)nc1. The molecule has 1 rings (SSSR count). The molecule has 5 nitrogen and oxygen atoms in total. The molecule has 0 aliphatic carbocycles. The zero-order valence-electron chi connectivity index (χ0n) is 13.0. The molecule has 6 heteroatoms. The lowest BCUT2D eigenvalue weighted by Gasteiger charge is -2.19. The zero-order valence-corrected chi connectivity index (χ0v) is 13.9. The highest BCUT2D eigenvalue weighted by atomic mass is 31.2. The summed E-state index contributed by atoms with van der Waals surface area (Å²) in [4.78, 5) is 14.8. The van der Waals surface area contributed by atoms with Crippen molar-refractivity contribution >= 4 is 13.9 Å². The van der Waals surface area contributed by atoms with E-state index in [0.717, 1.165) is 5.56 Å². The van der Waals surface area contributed by atoms with Crippen LogP contribution in [-0.2, 0) is 9.05 Å². The second-order valence-electron chi connectivity index (χ2n) is 5.73. The summed E-state index contributed by atoms with van der Waals surface area (Å²) in [5.41, 5.74) is 1.06. The smallest absolute Gasteiger partial charge is 0.236 e. The number of pyridine rings is 1. The second-order valence-corrected chi connectivity index (χ2v) is 7.51. The van der Waals surface area contributed by atoms with Crippen molar-refractivity contribution in [3.05, 3.63) is 23.9 Å². The molecule has 0 fully saturated rings. The fraction of sp³-hybridized carbons (Fsp3) is 0.643. The molecule has 2 N–H and O–H groups in total. The largest absolute Gasteiger partial charge is 0.527 e. The number of nitrogens with zero attached hydrogens (tertiary/aromatic N) is 1. The number of aromatic nitrogens is 1. The van der Waals surface area contributed by atoms with Gasteiger partial charge < -0.3 is 0 Å². The lowest BCUT2D eigenvalue weighted by atomic mass is 10.2. The van der Waals surface area contributed by atoms with Crippen LogP contribution in [0, 0.1) is 18.8 Å². The number of hydrogen-bond donors (Lipinski definition) is 2. The van der Waals surface area contributed by atoms with Gasteiger partial charge in [-0.15, -0.1) is 0 Å². The van der Waals surface area contributed by atoms with Crippen LogP contribution in [0.5, 0.6) is 0 Å². The number of aryl methyl sites for hydroxylation is 1. The Labute approximate surface area is 122 Å². The Hall–Kier alpha value is -0.740. The normalized spacial score (nSPS) is 12.2. The first-order valence-corrected chi connectivity index (χ1v) is 8.50. The van der Waals surface area contributed by atoms with Crippen LogP contribution < -0.4 is 5.09 Å². The Morgan fingerprint density at radius 2 is 1.70 bits per heavy atom. The Morgan fingerprint density at radius 3 is 2.10 bits per heavy atom. The third-order valence-electron chi connectivity index (χ3n) is 2.33. The van der Waals surface area contributed by atoms with E-state index in [-0.39, 0.29) is 0 Å². The molecule has 20 heavy (non-hydrogen) atoms. The van der Waals surface area contributed by atoms with Crippen LogP contribution in [0.15, 0.2) is 18.3 Å². The number of rotatable bonds is 8. The van der Waals surface area contributed by atoms with Gasteiger partial charge in [0.25, 0.3) is 0 Å². The van der Waals surface area contributed by atoms with Gasteiger partial charge in [-0.25, -0.2) is 4.98 Å². The fourth-order valence-corrected chi connectivity index (χ4v) is 2.91. The van der Waals surface area contributed by atoms with E-state index in [0.29, 0.717) is 30.9 Å². The highest BCUT2D eigenvalue weighted by Gasteiger charge is 2.43. The first-order chi connectivity index (χ1) is 9.31. The first kappa shape index (κ1) is 17.3. The van der Waals surface area contributed by atoms with Crippen molar-refractivity contribution in [2.75, 3.05) is 18.3 Å². The van der Waals surface area contributed by atoms with Gasteiger partial charge in [0, 0.05) is 6.20 Å². The quantitative estimate of drug-likeness (QED) is 0.715. The minimum atomic E-state index is -3.13. The lowest BCUT2D eigenvalue weighted by Crippen LogP contribution is -2.17. The molecule has 0 unspecified atom stereocenters. The van der Waals surface area contributed by atoms with Gasteiger partial charge in [0.2, 0.25) is 0 Å². The molecule has 0 aromatic carbocycles. The van der Waals surface area contributed by atoms with E-state index in [4.69, 9.17) is 9.05 Å². The summed E-state index contributed by atoms with van der Waals surface area (Å²) in [5, 5.41) is 2.90. The summed E-state index contributed by atoms with van der Waals surface area (Å²) in [6.45, 7) is 10.9. The van der Waals surface area contributed by atoms with Crippen molar-refractivity contribution in [1.82, 2.24) is 4.98 Å². The van der Waals surface area contributed by atoms with E-state index in [1.165, 1.54) is 0 Å². The van der Waals surface area contributed by atoms with E-state index in [2.05, 4.69) is 10.1 Å². The predicted octanol–water partition coefficient (Wildman–Crippen LogP) is 3.82. The second kappa shape index (κ2) is 7.89. The van der Waals surface area contributed by atoms with Gasteiger partial charge in [-0.3, -0.25) is 0 Å². The molecule has 0 radical (unpaired) electrons. The lowest BCUT2D eigenvalue weighted by molar-refractivity contribution is 0.152. The fourth-order valence-electron chi connectivity index (χ4n) is 1.28. The summed E-state index contributed by atoms with van der Waals surface area (Å²) < 4.78 is 11.1. The van der Waals surface area contributed by atoms with Crippen molar-refractivity contribution < 1.29 is 13.9 Å². The van der Waals surface area contributed by atoms with Crippen molar-refractivity contribution in [3.63, 3.8) is 0 Å². The van der Waals surface area contributed by atoms with Crippen LogP contribution in [0.4, 0.5) is 5.82 Å². The van der Waals surface area contributed by atoms with Crippen molar-refractivity contribution in [2.24, 2.45) is 11.8 Å². The molecule has 0 aliphatic heterocycles. The maximum absolute atomic E-state index is 10.5. The van der Waals surface area contributed by atoms with E-state index >= 15 is 0 Å². The standard InChI is InChI=1S/C14H26N2O3P/c1-11(2)9-18-20(17,19-10-12(3)4)16-14-7-6-13(5)8-15-14/h6-8,11-12,17H,9-10H2,1-5H3,(H,15,16)/q+1. The molecular weight excluding hydrogens is 275 g/mol. The van der Waals surface area contributed by atoms with Crippen LogP contribution in [0.1, 0.15) is 33.3 Å². The van der Waals surface area contributed by atoms with Crippen LogP contribution in [0.3, 0.4) is 0 Å². The topological polar surface area (TPSA) is 63.6 Å². The maximum Gasteiger partial charge on any atom is 0.527 e. The van der Waals surface area contributed by atoms with Gasteiger partial charge in [0.15, 0.2) is 5.82 Å². The van der Waals surface area contributed by atoms with Gasteiger partial charge in [-0.2, -0.15) is 19.0 Å². The highest BCUT2D eigenvalue weighted by Crippen LogP contribution is 2.56. The Balaban J connectivity index is 2.72. The molecule has 0 saturated carbocycles. The molecule has 1 aromatic rings. The Kier molecular flexibility index (Phi) is 6.83. The van der Waals surface area contributed by atoms with Crippen molar-refractivity contribution in [2.45, 2.75) is 34.6 Å². The van der Waals surface area contributed by atoms with Gasteiger partial charge in [-0.05, 0) is 30.4 Å². The monoisotopic (exact) mass is 301 g/mol. The molecule has 0 saturated heterocycles. The van der Waals surface area contributed by atoms with Crippen LogP contribution in [-0.4, -0.2) is 23.1 Å². The van der Waals surface area contributed by atoms with Gasteiger partial charge in [-0.1, -0.05) is 33.8 Å². The van der Waals surface area contributed by atoms with Crippen LogP contribution in [0.2, 0.25) is 0 Å². The number of anilines is 1. The minimum Gasteiger partial charge on any atom is -0.236 e. The Bertz CT molecular complexity index is 384. The molecule has 0 bridgehead atoms. The molecule has 1 aromatic heterocycles. The third-order valence-corrected chi connectivity index (χ3v) is 3.84. The van der Waals surface area contributed by atoms with Crippen LogP contribution in [0.25, 0.3) is 0 Å². The molecule has 114 valence electrons. The maximum atomic E-state index is 10.5. The molecule has 0 atom stereocenters. The van der Waals surface area contributed by atoms with Crippen LogP contribution >= 0.6 is 8.09 Å². The number of hydrogen-bond acceptors (Lipinski definition) is 5. The minimum absolute atomic E-state index is 0.317. The molecule has 1 heterocycles. The first-order valence-electron chi connectivity index (χ1n) is 6.92. The predicted molar refractivity (Wildman–Crippen MR) is 83.3 cm³/mol. The summed E-state index contributed by atoms with van der Waals surface area (Å²) in [5.74, 6) is 1.19. The molecule has 0 aliphatic rings. The molecule has 0 spiro atoms. The van der Waals surface area contributed by atoms with Crippen molar-refractivity contribution in [3.8, 4) is 0 Å². The zero-order chi connectivity index (χ0) is 15.2. The van der Waals surface area contributed by atoms with E-state index in [1.54, 1.807) is 12.3 Å². The van der Waals surface area contributed by atoms with Gasteiger partial charge in [0.1, 0.15) is 13.2 Å². The third kappa shape index (κ3) is 6.62. The average Bonchev–Trinajstić information content (AvgIpc) is 2.37. The number of nitrogens with one attached hydrogen (secondary N) is 1. The summed E-state index contributed by atoms with van der Waals surface area (Å²) in [6.07, 6.45) is 1.73. The Morgan fingerprint density at radius 1 is 1.15 bits per heavy atom. The summed E-state index contributed by atoms with van der Waals surface area (Å²) in [6, 6.07) is 3.72. The average molecular weight is 301 g/mol. The highest BCUT2D eigenvalue weighted by molar-refractivity contribution is 7.62. The van der Waals surface area contributed by atoms with E-state index < -0.39 is 8.09 Å². The van der Waals surface area contributed by atoms with E-state index in [1.807, 2.05) is 40.7 Å². The van der Waals surface area contributed by atoms with Gasteiger partial charge >= 0.3 is 8.09 Å². The summed E-state index contributed by atoms with van der Waals surface area (Å²) in [7, 11) is -3.13. The van der Waals surface area contributed by atoms with Gasteiger partial charge in [0.05, 0.1) is 0 Å². The molecule has 0 amide bonds. The molecular formula is C14H26N2O3P+. The van der Waals surface area contributed by atoms with E-state index in [9.17, 15) is 4.89 Å². The van der Waals surface area contributed by atoms with Crippen molar-refractivity contribution in [1.29, 1.82) is 0 Å².